The molecule has 0 amide bonds. The molecule has 0 saturated carbocycles. The van der Waals surface area contributed by atoms with Crippen LogP contribution in [-0.2, 0) is 0 Å². The quantitative estimate of drug-likeness (QED) is 0.640. The van der Waals surface area contributed by atoms with Crippen LogP contribution in [0.5, 0.6) is 0 Å². The van der Waals surface area contributed by atoms with Crippen LogP contribution in [0.2, 0.25) is 0 Å². The highest BCUT2D eigenvalue weighted by Gasteiger charge is 2.09. The predicted octanol–water partition coefficient (Wildman–Crippen LogP) is 2.68. The number of halogens is 2. The lowest BCUT2D eigenvalue weighted by Crippen LogP contribution is -2.36. The molecule has 0 bridgehead atoms. The first-order chi connectivity index (χ1) is 8.04. The molecule has 1 rings (SSSR count). The first-order valence-corrected chi connectivity index (χ1v) is 5.55. The number of benzene rings is 1. The Bertz CT molecular complexity index is 421. The largest absolute Gasteiger partial charge is 0.359 e. The van der Waals surface area contributed by atoms with Crippen molar-refractivity contribution in [2.45, 2.75) is 13.0 Å². The summed E-state index contributed by atoms with van der Waals surface area (Å²) in [6.07, 6.45) is 1.68. The lowest BCUT2D eigenvalue weighted by atomic mass is 10.1. The van der Waals surface area contributed by atoms with Gasteiger partial charge in [-0.3, -0.25) is 0 Å². The number of nitrogens with one attached hydrogen (secondary N) is 2. The summed E-state index contributed by atoms with van der Waals surface area (Å²) >= 11 is 5.02. The molecule has 5 heteroatoms. The van der Waals surface area contributed by atoms with E-state index in [2.05, 4.69) is 17.2 Å². The minimum absolute atomic E-state index is 0.199. The third-order valence-electron chi connectivity index (χ3n) is 2.20. The smallest absolute Gasteiger partial charge is 0.167 e. The highest BCUT2D eigenvalue weighted by molar-refractivity contribution is 7.80. The van der Waals surface area contributed by atoms with Crippen LogP contribution in [0.3, 0.4) is 0 Å². The molecular weight excluding hydrogens is 242 g/mol. The monoisotopic (exact) mass is 256 g/mol. The maximum Gasteiger partial charge on any atom is 0.167 e. The van der Waals surface area contributed by atoms with Crippen molar-refractivity contribution >= 4 is 17.3 Å². The van der Waals surface area contributed by atoms with Gasteiger partial charge >= 0.3 is 0 Å². The van der Waals surface area contributed by atoms with E-state index in [9.17, 15) is 8.78 Å². The second-order valence-corrected chi connectivity index (χ2v) is 3.95. The molecule has 0 heterocycles. The molecule has 0 aliphatic carbocycles. The van der Waals surface area contributed by atoms with E-state index in [1.807, 2.05) is 6.92 Å². The molecule has 2 N–H and O–H groups in total. The Morgan fingerprint density at radius 1 is 1.47 bits per heavy atom. The summed E-state index contributed by atoms with van der Waals surface area (Å²) < 4.78 is 25.8. The summed E-state index contributed by atoms with van der Waals surface area (Å²) in [4.78, 5) is 0. The van der Waals surface area contributed by atoms with E-state index in [0.717, 1.165) is 12.1 Å². The van der Waals surface area contributed by atoms with Crippen molar-refractivity contribution in [1.29, 1.82) is 0 Å². The standard InChI is InChI=1S/C12H14F2N2S/c1-3-6-15-12(17)16-8(2)9-4-5-10(13)11(14)7-9/h3-5,7-8H,1,6H2,2H3,(H2,15,16,17)/t8-/m1/s1. The Labute approximate surface area is 105 Å². The van der Waals surface area contributed by atoms with E-state index in [4.69, 9.17) is 12.2 Å². The summed E-state index contributed by atoms with van der Waals surface area (Å²) in [5.41, 5.74) is 0.631. The lowest BCUT2D eigenvalue weighted by molar-refractivity contribution is 0.505. The first kappa shape index (κ1) is 13.6. The molecule has 0 saturated heterocycles. The Morgan fingerprint density at radius 2 is 2.18 bits per heavy atom. The van der Waals surface area contributed by atoms with Crippen LogP contribution in [-0.4, -0.2) is 11.7 Å². The fourth-order valence-electron chi connectivity index (χ4n) is 1.28. The van der Waals surface area contributed by atoms with Crippen LogP contribution in [0, 0.1) is 11.6 Å². The van der Waals surface area contributed by atoms with Gasteiger partial charge in [-0.1, -0.05) is 12.1 Å². The Hall–Kier alpha value is -1.49. The third kappa shape index (κ3) is 4.11. The van der Waals surface area contributed by atoms with E-state index in [1.54, 1.807) is 6.08 Å². The second-order valence-electron chi connectivity index (χ2n) is 3.54. The van der Waals surface area contributed by atoms with Gasteiger partial charge in [0.25, 0.3) is 0 Å². The molecule has 17 heavy (non-hydrogen) atoms. The highest BCUT2D eigenvalue weighted by atomic mass is 32.1. The van der Waals surface area contributed by atoms with Crippen molar-refractivity contribution in [1.82, 2.24) is 10.6 Å². The van der Waals surface area contributed by atoms with E-state index >= 15 is 0 Å². The fraction of sp³-hybridized carbons (Fsp3) is 0.250. The molecule has 1 aromatic rings. The van der Waals surface area contributed by atoms with Gasteiger partial charge in [-0.25, -0.2) is 8.78 Å². The molecule has 1 atom stereocenters. The average Bonchev–Trinajstić information content (AvgIpc) is 2.30. The van der Waals surface area contributed by atoms with Gasteiger partial charge < -0.3 is 10.6 Å². The van der Waals surface area contributed by atoms with Crippen LogP contribution < -0.4 is 10.6 Å². The number of rotatable bonds is 4. The van der Waals surface area contributed by atoms with Gasteiger partial charge in [-0.05, 0) is 36.8 Å². The molecule has 0 aliphatic heterocycles. The third-order valence-corrected chi connectivity index (χ3v) is 2.46. The number of thiocarbonyl (C=S) groups is 1. The van der Waals surface area contributed by atoms with Gasteiger partial charge in [0, 0.05) is 6.54 Å². The molecule has 0 fully saturated rings. The summed E-state index contributed by atoms with van der Waals surface area (Å²) in [5.74, 6) is -1.71. The zero-order valence-electron chi connectivity index (χ0n) is 9.47. The number of hydrogen-bond acceptors (Lipinski definition) is 1. The van der Waals surface area contributed by atoms with Crippen molar-refractivity contribution in [2.24, 2.45) is 0 Å². The summed E-state index contributed by atoms with van der Waals surface area (Å²) in [7, 11) is 0. The fourth-order valence-corrected chi connectivity index (χ4v) is 1.54. The van der Waals surface area contributed by atoms with Gasteiger partial charge in [-0.15, -0.1) is 6.58 Å². The molecule has 0 aliphatic rings. The van der Waals surface area contributed by atoms with Crippen LogP contribution in [0.25, 0.3) is 0 Å². The predicted molar refractivity (Wildman–Crippen MR) is 68.7 cm³/mol. The molecule has 2 nitrogen and oxygen atoms in total. The lowest BCUT2D eigenvalue weighted by Gasteiger charge is -2.16. The SMILES string of the molecule is C=CCNC(=S)N[C@H](C)c1ccc(F)c(F)c1. The Morgan fingerprint density at radius 3 is 2.76 bits per heavy atom. The van der Waals surface area contributed by atoms with E-state index < -0.39 is 11.6 Å². The Kier molecular flexibility index (Phi) is 5.03. The van der Waals surface area contributed by atoms with Gasteiger partial charge in [0.2, 0.25) is 0 Å². The summed E-state index contributed by atoms with van der Waals surface area (Å²) in [6, 6.07) is 3.58. The molecule has 0 unspecified atom stereocenters. The van der Waals surface area contributed by atoms with Gasteiger partial charge in [0.1, 0.15) is 0 Å². The maximum absolute atomic E-state index is 13.0. The zero-order valence-corrected chi connectivity index (χ0v) is 10.3. The molecule has 1 aromatic carbocycles. The first-order valence-electron chi connectivity index (χ1n) is 5.14. The van der Waals surface area contributed by atoms with Crippen LogP contribution in [0.1, 0.15) is 18.5 Å². The van der Waals surface area contributed by atoms with Crippen molar-refractivity contribution in [3.63, 3.8) is 0 Å². The maximum atomic E-state index is 13.0. The molecule has 0 radical (unpaired) electrons. The topological polar surface area (TPSA) is 24.1 Å². The normalized spacial score (nSPS) is 11.7. The van der Waals surface area contributed by atoms with Crippen molar-refractivity contribution in [3.05, 3.63) is 48.1 Å². The van der Waals surface area contributed by atoms with Crippen molar-refractivity contribution in [2.75, 3.05) is 6.54 Å². The van der Waals surface area contributed by atoms with E-state index in [0.29, 0.717) is 17.2 Å². The summed E-state index contributed by atoms with van der Waals surface area (Å²) in [5, 5.41) is 6.30. The summed E-state index contributed by atoms with van der Waals surface area (Å²) in [6.45, 7) is 5.92. The van der Waals surface area contributed by atoms with Crippen LogP contribution in [0.15, 0.2) is 30.9 Å². The minimum Gasteiger partial charge on any atom is -0.359 e. The average molecular weight is 256 g/mol. The van der Waals surface area contributed by atoms with Gasteiger partial charge in [0.05, 0.1) is 6.04 Å². The van der Waals surface area contributed by atoms with Crippen molar-refractivity contribution in [3.8, 4) is 0 Å². The second kappa shape index (κ2) is 6.30. The number of hydrogen-bond donors (Lipinski definition) is 2. The van der Waals surface area contributed by atoms with Gasteiger partial charge in [0.15, 0.2) is 16.7 Å². The van der Waals surface area contributed by atoms with E-state index in [1.165, 1.54) is 6.07 Å². The minimum atomic E-state index is -0.860. The molecule has 0 aromatic heterocycles. The highest BCUT2D eigenvalue weighted by Crippen LogP contribution is 2.15. The molecule has 0 spiro atoms. The zero-order chi connectivity index (χ0) is 12.8. The van der Waals surface area contributed by atoms with Crippen LogP contribution in [0.4, 0.5) is 8.78 Å². The van der Waals surface area contributed by atoms with Gasteiger partial charge in [-0.2, -0.15) is 0 Å². The van der Waals surface area contributed by atoms with Crippen LogP contribution >= 0.6 is 12.2 Å². The van der Waals surface area contributed by atoms with E-state index in [-0.39, 0.29) is 6.04 Å². The Balaban J connectivity index is 2.63. The molecular formula is C12H14F2N2S. The molecule has 92 valence electrons. The van der Waals surface area contributed by atoms with Crippen molar-refractivity contribution < 1.29 is 8.78 Å².